The number of aromatic nitrogens is 1. The molecule has 0 amide bonds. The van der Waals surface area contributed by atoms with Crippen molar-refractivity contribution in [2.24, 2.45) is 4.99 Å². The standard InChI is InChI=1S/C33H22ClN3O8S/c1-2-42-32(39)28-29(18-6-4-3-5-7-18)35-33-36(30(28)19-8-12-25-26(14-19)44-17-43-25)31(38)27(46-33)16-21-10-13-24(45-21)22-11-9-20(34)15-23(22)37(40)41/h3-16,30H,2,17H2,1H3/b27-16+/t30-/m0/s1. The van der Waals surface area contributed by atoms with E-state index >= 15 is 0 Å². The fourth-order valence-corrected chi connectivity index (χ4v) is 6.55. The van der Waals surface area contributed by atoms with Gasteiger partial charge in [-0.15, -0.1) is 0 Å². The first-order valence-corrected chi connectivity index (χ1v) is 15.2. The third-order valence-electron chi connectivity index (χ3n) is 7.41. The maximum absolute atomic E-state index is 14.2. The Balaban J connectivity index is 1.42. The van der Waals surface area contributed by atoms with E-state index in [-0.39, 0.29) is 51.3 Å². The van der Waals surface area contributed by atoms with Crippen molar-refractivity contribution in [2.45, 2.75) is 13.0 Å². The summed E-state index contributed by atoms with van der Waals surface area (Å²) in [4.78, 5) is 44.1. The summed E-state index contributed by atoms with van der Waals surface area (Å²) in [7, 11) is 0. The van der Waals surface area contributed by atoms with Crippen molar-refractivity contribution < 1.29 is 28.3 Å². The number of nitro groups is 1. The zero-order chi connectivity index (χ0) is 31.9. The quantitative estimate of drug-likeness (QED) is 0.128. The van der Waals surface area contributed by atoms with Crippen LogP contribution < -0.4 is 24.4 Å². The molecule has 1 atom stereocenters. The van der Waals surface area contributed by atoms with E-state index in [9.17, 15) is 19.7 Å². The number of carbonyl (C=O) groups excluding carboxylic acids is 1. The van der Waals surface area contributed by atoms with Gasteiger partial charge in [0.1, 0.15) is 11.5 Å². The van der Waals surface area contributed by atoms with Crippen molar-refractivity contribution in [2.75, 3.05) is 13.4 Å². The normalized spacial score (nSPS) is 15.4. The predicted molar refractivity (Wildman–Crippen MR) is 169 cm³/mol. The van der Waals surface area contributed by atoms with Crippen molar-refractivity contribution in [3.63, 3.8) is 0 Å². The Hall–Kier alpha value is -5.46. The maximum atomic E-state index is 14.2. The van der Waals surface area contributed by atoms with Crippen molar-refractivity contribution in [1.29, 1.82) is 0 Å². The van der Waals surface area contributed by atoms with Gasteiger partial charge >= 0.3 is 5.97 Å². The number of carbonyl (C=O) groups is 1. The number of nitrogens with zero attached hydrogens (tertiary/aromatic N) is 3. The van der Waals surface area contributed by atoms with Gasteiger partial charge in [0, 0.05) is 22.7 Å². The number of furan rings is 1. The molecular weight excluding hydrogens is 634 g/mol. The highest BCUT2D eigenvalue weighted by molar-refractivity contribution is 7.07. The molecule has 2 aliphatic rings. The molecule has 2 aromatic heterocycles. The van der Waals surface area contributed by atoms with Crippen LogP contribution in [0.25, 0.3) is 23.1 Å². The molecule has 230 valence electrons. The van der Waals surface area contributed by atoms with Crippen molar-refractivity contribution in [3.8, 4) is 22.8 Å². The summed E-state index contributed by atoms with van der Waals surface area (Å²) >= 11 is 7.10. The van der Waals surface area contributed by atoms with Crippen LogP contribution in [0.2, 0.25) is 5.02 Å². The third-order valence-corrected chi connectivity index (χ3v) is 8.63. The van der Waals surface area contributed by atoms with Gasteiger partial charge in [-0.25, -0.2) is 9.79 Å². The Bertz CT molecular complexity index is 2250. The zero-order valence-corrected chi connectivity index (χ0v) is 25.5. The molecule has 13 heteroatoms. The van der Waals surface area contributed by atoms with Crippen LogP contribution in [-0.2, 0) is 9.53 Å². The van der Waals surface area contributed by atoms with E-state index in [4.69, 9.17) is 35.2 Å². The molecule has 2 aliphatic heterocycles. The van der Waals surface area contributed by atoms with Crippen LogP contribution in [0, 0.1) is 10.1 Å². The molecule has 3 aromatic carbocycles. The van der Waals surface area contributed by atoms with Gasteiger partial charge in [-0.3, -0.25) is 19.5 Å². The molecule has 4 heterocycles. The second-order valence-electron chi connectivity index (χ2n) is 10.2. The molecule has 0 saturated carbocycles. The largest absolute Gasteiger partial charge is 0.463 e. The molecule has 5 aromatic rings. The van der Waals surface area contributed by atoms with Crippen molar-refractivity contribution >= 4 is 46.4 Å². The lowest BCUT2D eigenvalue weighted by atomic mass is 9.93. The van der Waals surface area contributed by atoms with E-state index in [1.165, 1.54) is 22.8 Å². The maximum Gasteiger partial charge on any atom is 0.338 e. The summed E-state index contributed by atoms with van der Waals surface area (Å²) in [6.45, 7) is 1.89. The number of benzene rings is 3. The molecule has 0 spiro atoms. The van der Waals surface area contributed by atoms with E-state index in [2.05, 4.69) is 0 Å². The van der Waals surface area contributed by atoms with Crippen LogP contribution in [0.15, 0.2) is 98.6 Å². The summed E-state index contributed by atoms with van der Waals surface area (Å²) < 4.78 is 24.3. The van der Waals surface area contributed by atoms with Crippen LogP contribution in [0.4, 0.5) is 5.69 Å². The second-order valence-corrected chi connectivity index (χ2v) is 11.6. The monoisotopic (exact) mass is 655 g/mol. The number of hydrogen-bond donors (Lipinski definition) is 0. The fourth-order valence-electron chi connectivity index (χ4n) is 5.41. The Morgan fingerprint density at radius 3 is 2.70 bits per heavy atom. The van der Waals surface area contributed by atoms with Gasteiger partial charge in [-0.05, 0) is 48.9 Å². The molecule has 0 fully saturated rings. The second kappa shape index (κ2) is 11.8. The Morgan fingerprint density at radius 2 is 1.91 bits per heavy atom. The number of fused-ring (bicyclic) bond motifs is 2. The van der Waals surface area contributed by atoms with E-state index in [1.807, 2.05) is 30.3 Å². The molecule has 0 N–H and O–H groups in total. The van der Waals surface area contributed by atoms with Crippen LogP contribution in [-0.4, -0.2) is 28.9 Å². The molecule has 0 saturated heterocycles. The number of thiazole rings is 1. The number of rotatable bonds is 7. The number of esters is 1. The number of hydrogen-bond acceptors (Lipinski definition) is 10. The first-order chi connectivity index (χ1) is 22.3. The van der Waals surface area contributed by atoms with E-state index < -0.39 is 22.5 Å². The van der Waals surface area contributed by atoms with Crippen molar-refractivity contribution in [1.82, 2.24) is 4.57 Å². The Morgan fingerprint density at radius 1 is 1.11 bits per heavy atom. The fraction of sp³-hybridized carbons (Fsp3) is 0.121. The van der Waals surface area contributed by atoms with E-state index in [0.29, 0.717) is 33.1 Å². The number of ether oxygens (including phenoxy) is 3. The summed E-state index contributed by atoms with van der Waals surface area (Å²) in [5.74, 6) is 0.951. The van der Waals surface area contributed by atoms with Gasteiger partial charge in [0.25, 0.3) is 11.2 Å². The van der Waals surface area contributed by atoms with Gasteiger partial charge in [0.05, 0.1) is 38.9 Å². The average molecular weight is 656 g/mol. The first kappa shape index (κ1) is 29.3. The third kappa shape index (κ3) is 5.17. The van der Waals surface area contributed by atoms with Gasteiger partial charge in [-0.2, -0.15) is 0 Å². The smallest absolute Gasteiger partial charge is 0.338 e. The van der Waals surface area contributed by atoms with Crippen LogP contribution in [0.1, 0.15) is 29.9 Å². The van der Waals surface area contributed by atoms with Gasteiger partial charge in [0.15, 0.2) is 16.3 Å². The van der Waals surface area contributed by atoms with Crippen molar-refractivity contribution in [3.05, 3.63) is 136 Å². The summed E-state index contributed by atoms with van der Waals surface area (Å²) in [6.07, 6.45) is 1.54. The summed E-state index contributed by atoms with van der Waals surface area (Å²) in [5.41, 5.74) is 1.45. The highest BCUT2D eigenvalue weighted by atomic mass is 35.5. The lowest BCUT2D eigenvalue weighted by molar-refractivity contribution is -0.384. The lowest BCUT2D eigenvalue weighted by Crippen LogP contribution is -2.40. The first-order valence-electron chi connectivity index (χ1n) is 14.0. The molecule has 0 unspecified atom stereocenters. The number of nitro benzene ring substituents is 1. The molecule has 0 aliphatic carbocycles. The minimum atomic E-state index is -0.911. The highest BCUT2D eigenvalue weighted by Crippen LogP contribution is 2.40. The Labute approximate surface area is 269 Å². The van der Waals surface area contributed by atoms with Crippen LogP contribution in [0.5, 0.6) is 11.5 Å². The molecule has 0 bridgehead atoms. The van der Waals surface area contributed by atoms with Crippen LogP contribution in [0.3, 0.4) is 0 Å². The molecule has 7 rings (SSSR count). The minimum Gasteiger partial charge on any atom is -0.463 e. The molecular formula is C33H22ClN3O8S. The SMILES string of the molecule is CCOC(=O)C1=C(c2ccccc2)N=c2s/c(=C/c3ccc(-c4ccc(Cl)cc4[N+](=O)[O-])o3)c(=O)n2[C@H]1c1ccc2c(c1)OCO2. The Kier molecular flexibility index (Phi) is 7.51. The van der Waals surface area contributed by atoms with Crippen LogP contribution >= 0.6 is 22.9 Å². The molecule has 0 radical (unpaired) electrons. The number of halogens is 1. The van der Waals surface area contributed by atoms with E-state index in [1.54, 1.807) is 43.3 Å². The van der Waals surface area contributed by atoms with Gasteiger partial charge in [-0.1, -0.05) is 59.3 Å². The average Bonchev–Trinajstić information content (AvgIpc) is 3.80. The molecule has 46 heavy (non-hydrogen) atoms. The van der Waals surface area contributed by atoms with E-state index in [0.717, 1.165) is 11.3 Å². The molecule has 11 nitrogen and oxygen atoms in total. The topological polar surface area (TPSA) is 135 Å². The lowest BCUT2D eigenvalue weighted by Gasteiger charge is -2.26. The van der Waals surface area contributed by atoms with Gasteiger partial charge < -0.3 is 18.6 Å². The zero-order valence-electron chi connectivity index (χ0n) is 24.0. The highest BCUT2D eigenvalue weighted by Gasteiger charge is 2.36. The summed E-state index contributed by atoms with van der Waals surface area (Å²) in [6, 6.07) is 21.0. The minimum absolute atomic E-state index is 0.0572. The summed E-state index contributed by atoms with van der Waals surface area (Å²) in [5, 5.41) is 11.9. The van der Waals surface area contributed by atoms with Gasteiger partial charge in [0.2, 0.25) is 6.79 Å². The predicted octanol–water partition coefficient (Wildman–Crippen LogP) is 5.49.